The first-order valence-corrected chi connectivity index (χ1v) is 12.5. The summed E-state index contributed by atoms with van der Waals surface area (Å²) in [7, 11) is 0. The minimum Gasteiger partial charge on any atom is -1.00 e. The van der Waals surface area contributed by atoms with Gasteiger partial charge in [0.2, 0.25) is 0 Å². The lowest BCUT2D eigenvalue weighted by molar-refractivity contribution is -0.693. The zero-order valence-corrected chi connectivity index (χ0v) is 23.5. The predicted molar refractivity (Wildman–Crippen MR) is 149 cm³/mol. The minimum absolute atomic E-state index is 0. The molecule has 3 heterocycles. The van der Waals surface area contributed by atoms with Crippen molar-refractivity contribution in [3.63, 3.8) is 0 Å². The van der Waals surface area contributed by atoms with Gasteiger partial charge in [-0.25, -0.2) is 24.1 Å². The summed E-state index contributed by atoms with van der Waals surface area (Å²) in [6.07, 6.45) is 8.92. The molecule has 0 bridgehead atoms. The Morgan fingerprint density at radius 1 is 0.763 bits per heavy atom. The zero-order chi connectivity index (χ0) is 26.4. The Morgan fingerprint density at radius 2 is 1.39 bits per heavy atom. The topological polar surface area (TPSA) is 84.4 Å². The second-order valence-corrected chi connectivity index (χ2v) is 9.58. The Balaban J connectivity index is 0.000000206. The zero-order valence-electron chi connectivity index (χ0n) is 22.7. The van der Waals surface area contributed by atoms with Gasteiger partial charge in [-0.15, -0.1) is 4.98 Å². The maximum atomic E-state index is 4.47. The summed E-state index contributed by atoms with van der Waals surface area (Å²) >= 11 is 0. The standard InChI is InChI=1S/C15H17N4.C14H18N4.ClH/c1-11(2)18-10-19(13-6-4-5-12(3)9-13)15-14(18)16-7-8-17-15;1-10(2)17-13-14(16-8-7-15-13)18-12-6-4-5-11(3)9-12;/h4-11H,1-3H3;4-10H,1-3H3,(H,15,17)(H,16,18);1H/q+1;;/p-1. The van der Waals surface area contributed by atoms with Crippen LogP contribution in [0.15, 0.2) is 79.6 Å². The predicted octanol–water partition coefficient (Wildman–Crippen LogP) is 2.95. The molecule has 2 N–H and O–H groups in total. The molecule has 9 heteroatoms. The third-order valence-corrected chi connectivity index (χ3v) is 5.61. The molecular formula is C29H35ClN8. The summed E-state index contributed by atoms with van der Waals surface area (Å²) in [5, 5.41) is 6.55. The highest BCUT2D eigenvalue weighted by molar-refractivity contribution is 5.67. The largest absolute Gasteiger partial charge is 1.00 e. The quantitative estimate of drug-likeness (QED) is 0.328. The molecule has 5 rings (SSSR count). The van der Waals surface area contributed by atoms with E-state index in [1.807, 2.05) is 12.1 Å². The van der Waals surface area contributed by atoms with Gasteiger partial charge in [0.05, 0.1) is 12.2 Å². The first-order chi connectivity index (χ1) is 17.8. The highest BCUT2D eigenvalue weighted by Gasteiger charge is 2.20. The van der Waals surface area contributed by atoms with Gasteiger partial charge in [0.15, 0.2) is 18.0 Å². The minimum atomic E-state index is 0. The third kappa shape index (κ3) is 7.04. The first kappa shape index (κ1) is 28.5. The van der Waals surface area contributed by atoms with Crippen molar-refractivity contribution in [3.8, 4) is 5.69 Å². The van der Waals surface area contributed by atoms with E-state index in [-0.39, 0.29) is 12.4 Å². The van der Waals surface area contributed by atoms with E-state index in [9.17, 15) is 0 Å². The average molecular weight is 531 g/mol. The highest BCUT2D eigenvalue weighted by atomic mass is 35.5. The average Bonchev–Trinajstić information content (AvgIpc) is 3.26. The number of rotatable bonds is 6. The van der Waals surface area contributed by atoms with Gasteiger partial charge in [0, 0.05) is 24.1 Å². The van der Waals surface area contributed by atoms with E-state index >= 15 is 0 Å². The summed E-state index contributed by atoms with van der Waals surface area (Å²) in [5.41, 5.74) is 6.38. The van der Waals surface area contributed by atoms with E-state index in [2.05, 4.69) is 124 Å². The van der Waals surface area contributed by atoms with Crippen molar-refractivity contribution in [2.75, 3.05) is 10.6 Å². The molecule has 0 spiro atoms. The first-order valence-electron chi connectivity index (χ1n) is 12.5. The van der Waals surface area contributed by atoms with Crippen LogP contribution in [0, 0.1) is 13.8 Å². The number of fused-ring (bicyclic) bond motifs is 1. The summed E-state index contributed by atoms with van der Waals surface area (Å²) < 4.78 is 4.24. The number of hydrogen-bond acceptors (Lipinski definition) is 6. The second kappa shape index (κ2) is 13.0. The highest BCUT2D eigenvalue weighted by Crippen LogP contribution is 2.21. The molecule has 0 saturated heterocycles. The Morgan fingerprint density at radius 3 is 2.05 bits per heavy atom. The number of aryl methyl sites for hydroxylation is 2. The van der Waals surface area contributed by atoms with Crippen LogP contribution in [0.1, 0.15) is 44.9 Å². The molecule has 5 aromatic rings. The van der Waals surface area contributed by atoms with E-state index in [1.54, 1.807) is 24.8 Å². The lowest BCUT2D eigenvalue weighted by Crippen LogP contribution is -3.00. The lowest BCUT2D eigenvalue weighted by atomic mass is 10.2. The van der Waals surface area contributed by atoms with E-state index < -0.39 is 0 Å². The molecule has 0 radical (unpaired) electrons. The summed E-state index contributed by atoms with van der Waals surface area (Å²) in [5.74, 6) is 1.52. The monoisotopic (exact) mass is 530 g/mol. The van der Waals surface area contributed by atoms with Gasteiger partial charge in [0.25, 0.3) is 5.65 Å². The molecule has 0 fully saturated rings. The van der Waals surface area contributed by atoms with Gasteiger partial charge in [-0.1, -0.05) is 24.3 Å². The molecule has 0 atom stereocenters. The molecule has 8 nitrogen and oxygen atoms in total. The molecule has 0 amide bonds. The molecule has 198 valence electrons. The van der Waals surface area contributed by atoms with Gasteiger partial charge in [0.1, 0.15) is 11.9 Å². The number of aromatic nitrogens is 6. The van der Waals surface area contributed by atoms with E-state index in [0.717, 1.165) is 34.3 Å². The maximum absolute atomic E-state index is 4.47. The van der Waals surface area contributed by atoms with Crippen LogP contribution in [0.3, 0.4) is 0 Å². The Kier molecular flexibility index (Phi) is 9.73. The van der Waals surface area contributed by atoms with Crippen LogP contribution in [-0.2, 0) is 0 Å². The number of anilines is 3. The molecule has 0 aliphatic rings. The number of halogens is 1. The van der Waals surface area contributed by atoms with Crippen molar-refractivity contribution in [3.05, 3.63) is 90.8 Å². The Hall–Kier alpha value is -4.04. The van der Waals surface area contributed by atoms with E-state index in [1.165, 1.54) is 11.1 Å². The molecule has 0 unspecified atom stereocenters. The molecular weight excluding hydrogens is 496 g/mol. The summed E-state index contributed by atoms with van der Waals surface area (Å²) in [6, 6.07) is 17.2. The number of nitrogens with one attached hydrogen (secondary N) is 2. The van der Waals surface area contributed by atoms with Crippen LogP contribution in [0.25, 0.3) is 17.0 Å². The van der Waals surface area contributed by atoms with Gasteiger partial charge in [-0.2, -0.15) is 0 Å². The van der Waals surface area contributed by atoms with Crippen molar-refractivity contribution < 1.29 is 17.0 Å². The maximum Gasteiger partial charge on any atom is 0.322 e. The van der Waals surface area contributed by atoms with Crippen molar-refractivity contribution >= 4 is 28.6 Å². The second-order valence-electron chi connectivity index (χ2n) is 9.58. The number of imidazole rings is 1. The SMILES string of the molecule is Cc1cccc(-n2c[n+](C(C)C)c3nccnc32)c1.Cc1cccc(Nc2nccnc2NC(C)C)c1.[Cl-]. The Bertz CT molecular complexity index is 1480. The number of nitrogens with zero attached hydrogens (tertiary/aromatic N) is 6. The smallest absolute Gasteiger partial charge is 0.322 e. The van der Waals surface area contributed by atoms with Gasteiger partial charge in [-0.3, -0.25) is 0 Å². The molecule has 2 aromatic carbocycles. The normalized spacial score (nSPS) is 10.6. The summed E-state index contributed by atoms with van der Waals surface area (Å²) in [6.45, 7) is 12.6. The third-order valence-electron chi connectivity index (χ3n) is 5.61. The van der Waals surface area contributed by atoms with Crippen LogP contribution < -0.4 is 27.6 Å². The van der Waals surface area contributed by atoms with E-state index in [4.69, 9.17) is 0 Å². The number of benzene rings is 2. The van der Waals surface area contributed by atoms with Crippen LogP contribution >= 0.6 is 0 Å². The fraction of sp³-hybridized carbons (Fsp3) is 0.276. The number of hydrogen-bond donors (Lipinski definition) is 2. The van der Waals surface area contributed by atoms with Crippen molar-refractivity contribution in [1.82, 2.24) is 24.5 Å². The molecule has 0 aliphatic heterocycles. The lowest BCUT2D eigenvalue weighted by Gasteiger charge is -2.13. The van der Waals surface area contributed by atoms with Gasteiger partial charge in [-0.05, 0) is 76.9 Å². The fourth-order valence-electron chi connectivity index (χ4n) is 3.92. The summed E-state index contributed by atoms with van der Waals surface area (Å²) in [4.78, 5) is 17.5. The fourth-order valence-corrected chi connectivity index (χ4v) is 3.92. The van der Waals surface area contributed by atoms with Crippen molar-refractivity contribution in [1.29, 1.82) is 0 Å². The van der Waals surface area contributed by atoms with E-state index in [0.29, 0.717) is 12.1 Å². The van der Waals surface area contributed by atoms with Gasteiger partial charge >= 0.3 is 5.65 Å². The van der Waals surface area contributed by atoms with Crippen LogP contribution in [0.2, 0.25) is 0 Å². The molecule has 0 aliphatic carbocycles. The Labute approximate surface area is 230 Å². The van der Waals surface area contributed by atoms with Crippen LogP contribution in [-0.4, -0.2) is 30.5 Å². The van der Waals surface area contributed by atoms with Crippen molar-refractivity contribution in [2.24, 2.45) is 0 Å². The molecule has 3 aromatic heterocycles. The van der Waals surface area contributed by atoms with Crippen LogP contribution in [0.5, 0.6) is 0 Å². The van der Waals surface area contributed by atoms with Crippen molar-refractivity contribution in [2.45, 2.75) is 53.6 Å². The van der Waals surface area contributed by atoms with Gasteiger partial charge < -0.3 is 23.0 Å². The molecule has 38 heavy (non-hydrogen) atoms. The van der Waals surface area contributed by atoms with Crippen LogP contribution in [0.4, 0.5) is 17.3 Å². The molecule has 0 saturated carbocycles.